The quantitative estimate of drug-likeness (QED) is 0.848. The summed E-state index contributed by atoms with van der Waals surface area (Å²) in [6, 6.07) is 13.1. The lowest BCUT2D eigenvalue weighted by Gasteiger charge is -2.30. The van der Waals surface area contributed by atoms with Gasteiger partial charge in [0.2, 0.25) is 0 Å². The number of halogens is 1. The first-order chi connectivity index (χ1) is 11.3. The maximum atomic E-state index is 10.7. The van der Waals surface area contributed by atoms with Crippen LogP contribution in [0.5, 0.6) is 5.75 Å². The van der Waals surface area contributed by atoms with E-state index in [1.54, 1.807) is 0 Å². The van der Waals surface area contributed by atoms with Gasteiger partial charge in [0.1, 0.15) is 5.75 Å². The van der Waals surface area contributed by atoms with E-state index in [9.17, 15) is 8.76 Å². The van der Waals surface area contributed by atoms with E-state index in [2.05, 4.69) is 4.72 Å². The van der Waals surface area contributed by atoms with E-state index < -0.39 is 17.0 Å². The van der Waals surface area contributed by atoms with Gasteiger partial charge in [0.05, 0.1) is 5.71 Å². The zero-order valence-electron chi connectivity index (χ0n) is 13.2. The Labute approximate surface area is 148 Å². The molecule has 0 radical (unpaired) electrons. The van der Waals surface area contributed by atoms with Gasteiger partial charge in [0, 0.05) is 34.0 Å². The minimum atomic E-state index is -2.30. The Morgan fingerprint density at radius 1 is 1.25 bits per heavy atom. The number of benzene rings is 2. The van der Waals surface area contributed by atoms with E-state index in [4.69, 9.17) is 21.3 Å². The van der Waals surface area contributed by atoms with Crippen LogP contribution in [0.4, 0.5) is 0 Å². The van der Waals surface area contributed by atoms with Crippen molar-refractivity contribution < 1.29 is 13.5 Å². The lowest BCUT2D eigenvalue weighted by Crippen LogP contribution is -2.32. The molecule has 126 valence electrons. The fraction of sp³-hybridized carbons (Fsp3) is 0.235. The van der Waals surface area contributed by atoms with Gasteiger partial charge in [-0.3, -0.25) is 4.21 Å². The molecule has 0 saturated heterocycles. The van der Waals surface area contributed by atoms with Crippen LogP contribution in [0.1, 0.15) is 30.5 Å². The first-order valence-electron chi connectivity index (χ1n) is 7.35. The summed E-state index contributed by atoms with van der Waals surface area (Å²) >= 11 is 3.67. The van der Waals surface area contributed by atoms with E-state index in [0.29, 0.717) is 10.8 Å². The minimum absolute atomic E-state index is 0.209. The average Bonchev–Trinajstić information content (AvgIpc) is 2.51. The van der Waals surface area contributed by atoms with Crippen LogP contribution in [0.15, 0.2) is 47.5 Å². The average molecular weight is 364 g/mol. The number of hydrogen-bond acceptors (Lipinski definition) is 4. The van der Waals surface area contributed by atoms with E-state index in [-0.39, 0.29) is 6.54 Å². The first kappa shape index (κ1) is 17.1. The molecular weight excluding hydrogens is 348 g/mol. The molecule has 0 aliphatic carbocycles. The molecule has 1 aliphatic heterocycles. The molecular formula is C17H16ClN2O3S-. The van der Waals surface area contributed by atoms with Crippen LogP contribution in [-0.4, -0.2) is 20.2 Å². The number of ether oxygens (including phenoxy) is 1. The molecule has 0 spiro atoms. The molecule has 24 heavy (non-hydrogen) atoms. The molecule has 0 aromatic heterocycles. The van der Waals surface area contributed by atoms with Gasteiger partial charge < -0.3 is 9.29 Å². The second-order valence-corrected chi connectivity index (χ2v) is 7.10. The van der Waals surface area contributed by atoms with Gasteiger partial charge in [-0.15, -0.1) is 0 Å². The molecule has 1 aliphatic rings. The summed E-state index contributed by atoms with van der Waals surface area (Å²) in [5, 5.41) is 0.665. The predicted molar refractivity (Wildman–Crippen MR) is 94.0 cm³/mol. The van der Waals surface area contributed by atoms with Crippen molar-refractivity contribution in [3.8, 4) is 5.75 Å². The van der Waals surface area contributed by atoms with Crippen molar-refractivity contribution in [3.05, 3.63) is 64.2 Å². The van der Waals surface area contributed by atoms with Crippen LogP contribution in [-0.2, 0) is 17.8 Å². The van der Waals surface area contributed by atoms with Crippen LogP contribution in [0.25, 0.3) is 0 Å². The largest absolute Gasteiger partial charge is 0.760 e. The molecule has 1 N–H and O–H groups in total. The number of nitrogens with zero attached hydrogens (tertiary/aromatic N) is 1. The Kier molecular flexibility index (Phi) is 4.73. The van der Waals surface area contributed by atoms with Crippen LogP contribution in [0.2, 0.25) is 5.02 Å². The van der Waals surface area contributed by atoms with Crippen molar-refractivity contribution in [2.24, 2.45) is 4.99 Å². The van der Waals surface area contributed by atoms with Crippen LogP contribution >= 0.6 is 11.6 Å². The van der Waals surface area contributed by atoms with Crippen molar-refractivity contribution in [1.82, 2.24) is 4.72 Å². The van der Waals surface area contributed by atoms with Gasteiger partial charge in [0.25, 0.3) is 0 Å². The molecule has 2 aromatic rings. The SMILES string of the molecule is CC1(C)N=C(c2ccc(Cl)cc2)c2ccc(CNS(=O)[O-])cc2O1. The molecule has 0 fully saturated rings. The molecule has 0 saturated carbocycles. The topological polar surface area (TPSA) is 73.8 Å². The fourth-order valence-electron chi connectivity index (χ4n) is 2.55. The van der Waals surface area contributed by atoms with Gasteiger partial charge in [-0.2, -0.15) is 0 Å². The smallest absolute Gasteiger partial charge is 0.195 e. The zero-order valence-corrected chi connectivity index (χ0v) is 14.8. The Morgan fingerprint density at radius 3 is 2.62 bits per heavy atom. The number of hydrogen-bond donors (Lipinski definition) is 1. The maximum absolute atomic E-state index is 10.7. The van der Waals surface area contributed by atoms with Crippen LogP contribution < -0.4 is 9.46 Å². The number of nitrogens with one attached hydrogen (secondary N) is 1. The lowest BCUT2D eigenvalue weighted by atomic mass is 9.97. The molecule has 0 bridgehead atoms. The normalized spacial score (nSPS) is 16.8. The summed E-state index contributed by atoms with van der Waals surface area (Å²) in [6.45, 7) is 3.97. The second kappa shape index (κ2) is 6.64. The zero-order chi connectivity index (χ0) is 17.3. The van der Waals surface area contributed by atoms with Crippen molar-refractivity contribution in [2.75, 3.05) is 0 Å². The molecule has 5 nitrogen and oxygen atoms in total. The lowest BCUT2D eigenvalue weighted by molar-refractivity contribution is 0.115. The van der Waals surface area contributed by atoms with Crippen molar-refractivity contribution >= 4 is 28.6 Å². The summed E-state index contributed by atoms with van der Waals surface area (Å²) in [4.78, 5) is 4.70. The fourth-order valence-corrected chi connectivity index (χ4v) is 2.96. The summed E-state index contributed by atoms with van der Waals surface area (Å²) in [5.74, 6) is 0.677. The summed E-state index contributed by atoms with van der Waals surface area (Å²) in [7, 11) is 0. The Hall–Kier alpha value is -1.73. The standard InChI is InChI=1S/C17H17ClN2O3S/c1-17(2)20-16(12-4-6-13(18)7-5-12)14-8-3-11(9-15(14)23-17)10-19-24(21)22/h3-9,19H,10H2,1-2H3,(H,21,22)/p-1. The first-order valence-corrected chi connectivity index (χ1v) is 8.80. The highest BCUT2D eigenvalue weighted by atomic mass is 35.5. The van der Waals surface area contributed by atoms with E-state index >= 15 is 0 Å². The third kappa shape index (κ3) is 3.84. The molecule has 1 atom stereocenters. The monoisotopic (exact) mass is 363 g/mol. The molecule has 0 amide bonds. The Bertz CT molecular complexity index is 819. The highest BCUT2D eigenvalue weighted by Gasteiger charge is 2.28. The molecule has 2 aromatic carbocycles. The summed E-state index contributed by atoms with van der Waals surface area (Å²) < 4.78 is 29.6. The molecule has 7 heteroatoms. The van der Waals surface area contributed by atoms with Crippen molar-refractivity contribution in [3.63, 3.8) is 0 Å². The highest BCUT2D eigenvalue weighted by Crippen LogP contribution is 2.33. The van der Waals surface area contributed by atoms with E-state index in [1.165, 1.54) is 0 Å². The molecule has 1 heterocycles. The number of rotatable bonds is 4. The van der Waals surface area contributed by atoms with Crippen LogP contribution in [0.3, 0.4) is 0 Å². The molecule has 1 unspecified atom stereocenters. The van der Waals surface area contributed by atoms with Gasteiger partial charge in [-0.1, -0.05) is 29.8 Å². The van der Waals surface area contributed by atoms with E-state index in [1.807, 2.05) is 56.3 Å². The Morgan fingerprint density at radius 2 is 1.96 bits per heavy atom. The second-order valence-electron chi connectivity index (χ2n) is 5.90. The number of fused-ring (bicyclic) bond motifs is 1. The van der Waals surface area contributed by atoms with Gasteiger partial charge >= 0.3 is 0 Å². The van der Waals surface area contributed by atoms with Crippen molar-refractivity contribution in [2.45, 2.75) is 26.1 Å². The minimum Gasteiger partial charge on any atom is -0.760 e. The third-order valence-corrected chi connectivity index (χ3v) is 4.19. The molecule has 3 rings (SSSR count). The summed E-state index contributed by atoms with van der Waals surface area (Å²) in [6.07, 6.45) is 0. The number of aliphatic imine (C=N–C) groups is 1. The maximum Gasteiger partial charge on any atom is 0.195 e. The Balaban J connectivity index is 2.01. The van der Waals surface area contributed by atoms with Gasteiger partial charge in [-0.25, -0.2) is 9.71 Å². The third-order valence-electron chi connectivity index (χ3n) is 3.55. The van der Waals surface area contributed by atoms with Gasteiger partial charge in [0.15, 0.2) is 5.72 Å². The van der Waals surface area contributed by atoms with Crippen LogP contribution in [0, 0.1) is 0 Å². The summed E-state index contributed by atoms with van der Waals surface area (Å²) in [5.41, 5.74) is 2.73. The van der Waals surface area contributed by atoms with Crippen molar-refractivity contribution in [1.29, 1.82) is 0 Å². The van der Waals surface area contributed by atoms with E-state index in [0.717, 1.165) is 22.4 Å². The van der Waals surface area contributed by atoms with Gasteiger partial charge in [-0.05, 0) is 43.7 Å². The highest BCUT2D eigenvalue weighted by molar-refractivity contribution is 7.77. The predicted octanol–water partition coefficient (Wildman–Crippen LogP) is 3.19.